The summed E-state index contributed by atoms with van der Waals surface area (Å²) in [7, 11) is -0.623. The van der Waals surface area contributed by atoms with Crippen molar-refractivity contribution in [3.8, 4) is 0 Å². The van der Waals surface area contributed by atoms with Gasteiger partial charge in [-0.2, -0.15) is 0 Å². The molecule has 0 aromatic heterocycles. The van der Waals surface area contributed by atoms with Gasteiger partial charge >= 0.3 is 17.1 Å². The first kappa shape index (κ1) is 17.0. The fourth-order valence-corrected chi connectivity index (χ4v) is 9.53. The third-order valence-electron chi connectivity index (χ3n) is 1.73. The van der Waals surface area contributed by atoms with Crippen LogP contribution in [0.2, 0.25) is 0 Å². The second kappa shape index (κ2) is 6.95. The van der Waals surface area contributed by atoms with Crippen LogP contribution in [-0.2, 0) is 39.4 Å². The molecular formula is C7H16CuO2PS2-. The minimum absolute atomic E-state index is 0. The number of rotatable bonds is 3. The summed E-state index contributed by atoms with van der Waals surface area (Å²) in [5.41, 5.74) is -3.54. The Balaban J connectivity index is 0. The van der Waals surface area contributed by atoms with Crippen LogP contribution in [0.5, 0.6) is 0 Å². The third-order valence-corrected chi connectivity index (χ3v) is 9.81. The average Bonchev–Trinajstić information content (AvgIpc) is 1.83. The first-order valence-electron chi connectivity index (χ1n) is 4.05. The molecule has 13 heavy (non-hydrogen) atoms. The van der Waals surface area contributed by atoms with Gasteiger partial charge in [0.2, 0.25) is 0 Å². The summed E-state index contributed by atoms with van der Waals surface area (Å²) < 4.78 is 0. The molecule has 0 aliphatic rings. The fourth-order valence-electron chi connectivity index (χ4n) is 1.11. The van der Waals surface area contributed by atoms with Gasteiger partial charge in [0.15, 0.2) is 0 Å². The van der Waals surface area contributed by atoms with E-state index in [1.807, 2.05) is 27.7 Å². The fraction of sp³-hybridized carbons (Fsp3) is 1.00. The molecule has 0 aliphatic carbocycles. The van der Waals surface area contributed by atoms with Crippen molar-refractivity contribution in [2.45, 2.75) is 44.6 Å². The van der Waals surface area contributed by atoms with Gasteiger partial charge in [0.25, 0.3) is 0 Å². The van der Waals surface area contributed by atoms with Gasteiger partial charge < -0.3 is 27.7 Å². The molecule has 0 aliphatic heterocycles. The van der Waals surface area contributed by atoms with Crippen LogP contribution in [0.4, 0.5) is 0 Å². The summed E-state index contributed by atoms with van der Waals surface area (Å²) >= 11 is 4.54. The SMILES string of the molecule is CCC(C)S(C(C)C)=P([O-])([O-])[S-].[Cu+2]. The van der Waals surface area contributed by atoms with E-state index in [0.717, 1.165) is 6.42 Å². The number of hydrogen-bond donors (Lipinski definition) is 0. The molecule has 0 bridgehead atoms. The Morgan fingerprint density at radius 2 is 1.69 bits per heavy atom. The summed E-state index contributed by atoms with van der Waals surface area (Å²) in [6, 6.07) is 0. The molecule has 0 spiro atoms. The Kier molecular flexibility index (Phi) is 9.07. The maximum absolute atomic E-state index is 11.2. The molecule has 0 aromatic rings. The van der Waals surface area contributed by atoms with Crippen molar-refractivity contribution in [3.05, 3.63) is 0 Å². The molecule has 0 aromatic carbocycles. The van der Waals surface area contributed by atoms with Crippen molar-refractivity contribution in [3.63, 3.8) is 0 Å². The summed E-state index contributed by atoms with van der Waals surface area (Å²) in [4.78, 5) is 22.5. The zero-order valence-corrected chi connectivity index (χ0v) is 11.7. The van der Waals surface area contributed by atoms with Crippen LogP contribution in [0, 0.1) is 0 Å². The molecule has 0 N–H and O–H groups in total. The Morgan fingerprint density at radius 3 is 1.77 bits per heavy atom. The van der Waals surface area contributed by atoms with Crippen LogP contribution in [0.3, 0.4) is 0 Å². The van der Waals surface area contributed by atoms with Gasteiger partial charge in [0.1, 0.15) is 0 Å². The monoisotopic (exact) mass is 290 g/mol. The number of hydrogen-bond acceptors (Lipinski definition) is 3. The van der Waals surface area contributed by atoms with E-state index in [1.54, 1.807) is 0 Å². The molecule has 0 amide bonds. The Bertz CT molecular complexity index is 194. The maximum Gasteiger partial charge on any atom is 2.00 e. The Labute approximate surface area is 99.2 Å². The standard InChI is InChI=1S/C7H16O2PS2.Cu/c1-5-7(4)12(6(2)3)10(8,9)11;/h6-7H,5H2,1-4H3;/q-3;+2. The van der Waals surface area contributed by atoms with Crippen molar-refractivity contribution < 1.29 is 26.9 Å². The molecular weight excluding hydrogens is 275 g/mol. The van der Waals surface area contributed by atoms with E-state index in [1.165, 1.54) is 0 Å². The van der Waals surface area contributed by atoms with Crippen LogP contribution in [-0.4, -0.2) is 10.5 Å². The maximum atomic E-state index is 11.2. The smallest absolute Gasteiger partial charge is 0.854 e. The zero-order chi connectivity index (χ0) is 9.94. The minimum Gasteiger partial charge on any atom is -0.854 e. The minimum atomic E-state index is -3.54. The predicted octanol–water partition coefficient (Wildman–Crippen LogP) is 0.754. The average molecular weight is 291 g/mol. The van der Waals surface area contributed by atoms with Crippen molar-refractivity contribution in [2.75, 3.05) is 0 Å². The Morgan fingerprint density at radius 1 is 1.31 bits per heavy atom. The molecule has 0 rings (SSSR count). The normalized spacial score (nSPS) is 16.6. The van der Waals surface area contributed by atoms with E-state index in [4.69, 9.17) is 0 Å². The van der Waals surface area contributed by atoms with Crippen molar-refractivity contribution in [1.29, 1.82) is 0 Å². The molecule has 1 radical (unpaired) electrons. The van der Waals surface area contributed by atoms with Gasteiger partial charge in [-0.05, 0) is 16.9 Å². The second-order valence-corrected chi connectivity index (χ2v) is 11.2. The van der Waals surface area contributed by atoms with Crippen LogP contribution < -0.4 is 9.79 Å². The van der Waals surface area contributed by atoms with E-state index in [0.29, 0.717) is 0 Å². The predicted molar refractivity (Wildman–Crippen MR) is 56.5 cm³/mol. The second-order valence-electron chi connectivity index (χ2n) is 3.06. The largest absolute Gasteiger partial charge is 2.00 e. The van der Waals surface area contributed by atoms with Crippen molar-refractivity contribution in [2.24, 2.45) is 0 Å². The van der Waals surface area contributed by atoms with Gasteiger partial charge in [0, 0.05) is 0 Å². The molecule has 2 nitrogen and oxygen atoms in total. The zero-order valence-electron chi connectivity index (χ0n) is 8.24. The van der Waals surface area contributed by atoms with Crippen molar-refractivity contribution in [1.82, 2.24) is 0 Å². The molecule has 6 heteroatoms. The molecule has 0 fully saturated rings. The van der Waals surface area contributed by atoms with Gasteiger partial charge in [-0.1, -0.05) is 27.7 Å². The van der Waals surface area contributed by atoms with Crippen molar-refractivity contribution >= 4 is 28.0 Å². The van der Waals surface area contributed by atoms with E-state index in [9.17, 15) is 9.79 Å². The van der Waals surface area contributed by atoms with E-state index < -0.39 is 15.8 Å². The first-order valence-corrected chi connectivity index (χ1v) is 8.64. The molecule has 2 atom stereocenters. The topological polar surface area (TPSA) is 46.1 Å². The van der Waals surface area contributed by atoms with E-state index in [2.05, 4.69) is 12.2 Å². The van der Waals surface area contributed by atoms with Gasteiger partial charge in [-0.15, -0.1) is 0 Å². The summed E-state index contributed by atoms with van der Waals surface area (Å²) in [5.74, 6) is 0. The van der Waals surface area contributed by atoms with Crippen LogP contribution in [0.25, 0.3) is 0 Å². The molecule has 0 saturated heterocycles. The summed E-state index contributed by atoms with van der Waals surface area (Å²) in [6.45, 7) is 7.80. The van der Waals surface area contributed by atoms with Crippen LogP contribution in [0.15, 0.2) is 0 Å². The van der Waals surface area contributed by atoms with Crippen LogP contribution >= 0.6 is 5.69 Å². The molecule has 0 heterocycles. The van der Waals surface area contributed by atoms with Gasteiger partial charge in [-0.25, -0.2) is 10.1 Å². The van der Waals surface area contributed by atoms with Gasteiger partial charge in [-0.3, -0.25) is 0 Å². The van der Waals surface area contributed by atoms with E-state index in [-0.39, 0.29) is 27.6 Å². The first-order chi connectivity index (χ1) is 5.30. The molecule has 2 unspecified atom stereocenters. The molecule has 85 valence electrons. The Hall–Kier alpha value is 1.57. The van der Waals surface area contributed by atoms with E-state index >= 15 is 0 Å². The van der Waals surface area contributed by atoms with Crippen LogP contribution in [0.1, 0.15) is 34.1 Å². The van der Waals surface area contributed by atoms with Gasteiger partial charge in [0.05, 0.1) is 0 Å². The summed E-state index contributed by atoms with van der Waals surface area (Å²) in [5, 5.41) is 0.353. The summed E-state index contributed by atoms with van der Waals surface area (Å²) in [6.07, 6.45) is 0.879. The molecule has 0 saturated carbocycles. The third kappa shape index (κ3) is 5.88. The quantitative estimate of drug-likeness (QED) is 0.438.